The highest BCUT2D eigenvalue weighted by molar-refractivity contribution is 6.46. The number of nitrogens with zero attached hydrogens (tertiary/aromatic N) is 3. The quantitative estimate of drug-likeness (QED) is 0.259. The lowest BCUT2D eigenvalue weighted by Crippen LogP contribution is -2.31. The van der Waals surface area contributed by atoms with Crippen LogP contribution in [0.4, 0.5) is 0 Å². The molecule has 0 saturated carbocycles. The number of carbonyl (C=O) groups excluding carboxylic acids is 2. The molecular weight excluding hydrogens is 442 g/mol. The van der Waals surface area contributed by atoms with E-state index in [1.54, 1.807) is 36.8 Å². The molecule has 0 spiro atoms. The average molecular weight is 468 g/mol. The van der Waals surface area contributed by atoms with E-state index in [1.807, 2.05) is 60.7 Å². The number of carbonyl (C=O) groups is 2. The van der Waals surface area contributed by atoms with Gasteiger partial charge in [0.25, 0.3) is 11.7 Å². The molecule has 1 amide bonds. The maximum Gasteiger partial charge on any atom is 0.295 e. The minimum atomic E-state index is -0.762. The molecule has 35 heavy (non-hydrogen) atoms. The molecule has 4 aromatic rings. The number of aryl methyl sites for hydroxylation is 1. The molecule has 5 rings (SSSR count). The zero-order valence-electron chi connectivity index (χ0n) is 19.5. The zero-order valence-corrected chi connectivity index (χ0v) is 19.5. The van der Waals surface area contributed by atoms with Gasteiger partial charge in [-0.25, -0.2) is 4.98 Å². The Bertz CT molecular complexity index is 1460. The molecule has 0 bridgehead atoms. The van der Waals surface area contributed by atoms with Crippen LogP contribution in [0, 0.1) is 6.92 Å². The number of amides is 1. The number of aliphatic hydroxyl groups is 1. The van der Waals surface area contributed by atoms with Gasteiger partial charge in [0.05, 0.1) is 24.4 Å². The van der Waals surface area contributed by atoms with Crippen molar-refractivity contribution in [2.45, 2.75) is 19.4 Å². The molecule has 1 unspecified atom stereocenters. The van der Waals surface area contributed by atoms with Crippen LogP contribution in [0.25, 0.3) is 11.4 Å². The number of aromatic nitrogens is 2. The zero-order chi connectivity index (χ0) is 24.5. The summed E-state index contributed by atoms with van der Waals surface area (Å²) < 4.78 is 7.12. The van der Waals surface area contributed by atoms with E-state index < -0.39 is 17.7 Å². The van der Waals surface area contributed by atoms with Crippen molar-refractivity contribution in [2.24, 2.45) is 0 Å². The van der Waals surface area contributed by atoms with Gasteiger partial charge in [0.1, 0.15) is 17.1 Å². The maximum atomic E-state index is 13.4. The van der Waals surface area contributed by atoms with E-state index in [2.05, 4.69) is 4.98 Å². The molecule has 7 heteroatoms. The van der Waals surface area contributed by atoms with Crippen LogP contribution in [-0.2, 0) is 16.0 Å². The summed E-state index contributed by atoms with van der Waals surface area (Å²) in [6, 6.07) is 21.8. The lowest BCUT2D eigenvalue weighted by Gasteiger charge is -2.25. The molecule has 1 fully saturated rings. The van der Waals surface area contributed by atoms with Gasteiger partial charge in [-0.05, 0) is 48.7 Å². The van der Waals surface area contributed by atoms with Gasteiger partial charge < -0.3 is 14.7 Å². The molecule has 1 atom stereocenters. The average Bonchev–Trinajstić information content (AvgIpc) is 3.35. The van der Waals surface area contributed by atoms with Crippen LogP contribution in [0.5, 0.6) is 5.75 Å². The second-order valence-corrected chi connectivity index (χ2v) is 8.48. The molecule has 1 saturated heterocycles. The standard InChI is InChI=1S/C28H25N3O4/c1-18-24(30-15-7-6-13-22(30)29-18)26(32)23-25(20-11-8-12-21(17-20)35-2)31(28(34)27(23)33)16-14-19-9-4-3-5-10-19/h3-13,15,17,25,32H,14,16H2,1-2H3. The number of benzene rings is 2. The topological polar surface area (TPSA) is 84.1 Å². The number of hydrogen-bond acceptors (Lipinski definition) is 5. The highest BCUT2D eigenvalue weighted by Crippen LogP contribution is 2.40. The molecule has 2 aromatic carbocycles. The number of fused-ring (bicyclic) bond motifs is 1. The van der Waals surface area contributed by atoms with Crippen LogP contribution in [0.3, 0.4) is 0 Å². The number of Topliss-reactive ketones (excluding diaryl/α,β-unsaturated/α-hetero) is 1. The van der Waals surface area contributed by atoms with Crippen molar-refractivity contribution in [3.05, 3.63) is 107 Å². The molecular formula is C28H25N3O4. The van der Waals surface area contributed by atoms with Gasteiger partial charge in [-0.1, -0.05) is 48.5 Å². The van der Waals surface area contributed by atoms with Crippen molar-refractivity contribution in [3.8, 4) is 5.75 Å². The molecule has 1 aliphatic rings. The Hall–Kier alpha value is -4.39. The number of hydrogen-bond donors (Lipinski definition) is 1. The van der Waals surface area contributed by atoms with E-state index in [9.17, 15) is 14.7 Å². The molecule has 1 N–H and O–H groups in total. The Morgan fingerprint density at radius 1 is 1.03 bits per heavy atom. The van der Waals surface area contributed by atoms with Gasteiger partial charge in [0, 0.05) is 12.7 Å². The van der Waals surface area contributed by atoms with Crippen molar-refractivity contribution >= 4 is 23.1 Å². The molecule has 176 valence electrons. The first-order chi connectivity index (χ1) is 17.0. The summed E-state index contributed by atoms with van der Waals surface area (Å²) in [5, 5.41) is 11.5. The SMILES string of the molecule is COc1cccc(C2C(=C(O)c3c(C)nc4ccccn34)C(=O)C(=O)N2CCc2ccccc2)c1. The van der Waals surface area contributed by atoms with Crippen molar-refractivity contribution in [3.63, 3.8) is 0 Å². The van der Waals surface area contributed by atoms with Crippen LogP contribution in [0.15, 0.2) is 84.6 Å². The molecule has 0 aliphatic carbocycles. The number of rotatable bonds is 6. The third kappa shape index (κ3) is 3.95. The van der Waals surface area contributed by atoms with Gasteiger partial charge in [0.2, 0.25) is 0 Å². The highest BCUT2D eigenvalue weighted by atomic mass is 16.5. The number of imidazole rings is 1. The van der Waals surface area contributed by atoms with E-state index in [-0.39, 0.29) is 11.3 Å². The Labute approximate surface area is 202 Å². The lowest BCUT2D eigenvalue weighted by molar-refractivity contribution is -0.139. The summed E-state index contributed by atoms with van der Waals surface area (Å²) in [5.41, 5.74) is 3.39. The predicted molar refractivity (Wildman–Crippen MR) is 132 cm³/mol. The molecule has 0 radical (unpaired) electrons. The Balaban J connectivity index is 1.66. The summed E-state index contributed by atoms with van der Waals surface area (Å²) in [6.45, 7) is 2.09. The monoisotopic (exact) mass is 467 g/mol. The summed E-state index contributed by atoms with van der Waals surface area (Å²) in [5.74, 6) is -0.993. The first-order valence-electron chi connectivity index (χ1n) is 11.4. The first kappa shape index (κ1) is 22.4. The van der Waals surface area contributed by atoms with Crippen LogP contribution in [0.1, 0.15) is 28.6 Å². The molecule has 1 aliphatic heterocycles. The van der Waals surface area contributed by atoms with Crippen LogP contribution >= 0.6 is 0 Å². The van der Waals surface area contributed by atoms with E-state index in [1.165, 1.54) is 4.90 Å². The Kier molecular flexibility index (Phi) is 5.82. The van der Waals surface area contributed by atoms with Crippen LogP contribution in [-0.4, -0.2) is 44.7 Å². The fourth-order valence-electron chi connectivity index (χ4n) is 4.69. The van der Waals surface area contributed by atoms with Crippen molar-refractivity contribution in [1.29, 1.82) is 0 Å². The maximum absolute atomic E-state index is 13.4. The number of pyridine rings is 1. The third-order valence-corrected chi connectivity index (χ3v) is 6.36. The van der Waals surface area contributed by atoms with Gasteiger partial charge in [0.15, 0.2) is 5.76 Å². The second-order valence-electron chi connectivity index (χ2n) is 8.48. The summed E-state index contributed by atoms with van der Waals surface area (Å²) in [6.07, 6.45) is 2.35. The number of ketones is 1. The summed E-state index contributed by atoms with van der Waals surface area (Å²) in [7, 11) is 1.56. The van der Waals surface area contributed by atoms with Gasteiger partial charge >= 0.3 is 0 Å². The highest BCUT2D eigenvalue weighted by Gasteiger charge is 2.46. The van der Waals surface area contributed by atoms with Gasteiger partial charge in [-0.2, -0.15) is 0 Å². The van der Waals surface area contributed by atoms with E-state index in [0.29, 0.717) is 41.3 Å². The van der Waals surface area contributed by atoms with Gasteiger partial charge in [-0.3, -0.25) is 14.0 Å². The number of aliphatic hydroxyl groups excluding tert-OH is 1. The van der Waals surface area contributed by atoms with Crippen molar-refractivity contribution in [2.75, 3.05) is 13.7 Å². The molecule has 2 aromatic heterocycles. The van der Waals surface area contributed by atoms with Crippen molar-refractivity contribution < 1.29 is 19.4 Å². The largest absolute Gasteiger partial charge is 0.505 e. The second kappa shape index (κ2) is 9.10. The number of ether oxygens (including phenoxy) is 1. The summed E-state index contributed by atoms with van der Waals surface area (Å²) in [4.78, 5) is 32.7. The lowest BCUT2D eigenvalue weighted by atomic mass is 9.96. The minimum Gasteiger partial charge on any atom is -0.505 e. The fourth-order valence-corrected chi connectivity index (χ4v) is 4.69. The summed E-state index contributed by atoms with van der Waals surface area (Å²) >= 11 is 0. The third-order valence-electron chi connectivity index (χ3n) is 6.36. The predicted octanol–water partition coefficient (Wildman–Crippen LogP) is 4.32. The van der Waals surface area contributed by atoms with E-state index >= 15 is 0 Å². The van der Waals surface area contributed by atoms with E-state index in [4.69, 9.17) is 4.74 Å². The number of likely N-dealkylation sites (tertiary alicyclic amines) is 1. The van der Waals surface area contributed by atoms with Gasteiger partial charge in [-0.15, -0.1) is 0 Å². The number of methoxy groups -OCH3 is 1. The Morgan fingerprint density at radius 3 is 2.57 bits per heavy atom. The molecule has 3 heterocycles. The van der Waals surface area contributed by atoms with E-state index in [0.717, 1.165) is 5.56 Å². The molecule has 7 nitrogen and oxygen atoms in total. The van der Waals surface area contributed by atoms with Crippen molar-refractivity contribution in [1.82, 2.24) is 14.3 Å². The fraction of sp³-hybridized carbons (Fsp3) is 0.179. The van der Waals surface area contributed by atoms with Crippen LogP contribution in [0.2, 0.25) is 0 Å². The Morgan fingerprint density at radius 2 is 1.80 bits per heavy atom. The normalized spacial score (nSPS) is 17.3. The smallest absolute Gasteiger partial charge is 0.295 e. The van der Waals surface area contributed by atoms with Crippen LogP contribution < -0.4 is 4.74 Å². The first-order valence-corrected chi connectivity index (χ1v) is 11.4. The minimum absolute atomic E-state index is 0.0464.